The van der Waals surface area contributed by atoms with Crippen molar-refractivity contribution in [3.8, 4) is 0 Å². The molecule has 1 aliphatic carbocycles. The summed E-state index contributed by atoms with van der Waals surface area (Å²) in [6.07, 6.45) is 5.54. The number of carbonyl (C=O) groups is 2. The molecule has 102 valence electrons. The Morgan fingerprint density at radius 3 is 2.89 bits per heavy atom. The van der Waals surface area contributed by atoms with Gasteiger partial charge in [-0.3, -0.25) is 15.0 Å². The molecule has 1 saturated heterocycles. The number of rotatable bonds is 3. The van der Waals surface area contributed by atoms with E-state index in [0.29, 0.717) is 12.5 Å². The van der Waals surface area contributed by atoms with Gasteiger partial charge in [0.2, 0.25) is 5.91 Å². The van der Waals surface area contributed by atoms with Crippen molar-refractivity contribution in [3.63, 3.8) is 0 Å². The zero-order valence-electron chi connectivity index (χ0n) is 10.6. The smallest absolute Gasteiger partial charge is 0.318 e. The molecule has 0 bridgehead atoms. The van der Waals surface area contributed by atoms with Gasteiger partial charge >= 0.3 is 6.03 Å². The summed E-state index contributed by atoms with van der Waals surface area (Å²) in [6.45, 7) is 1.79. The fourth-order valence-electron chi connectivity index (χ4n) is 2.90. The molecule has 0 aromatic rings. The number of urea groups is 1. The number of hydrogen-bond donors (Lipinski definition) is 2. The summed E-state index contributed by atoms with van der Waals surface area (Å²) in [5.41, 5.74) is 4.92. The minimum Gasteiger partial charge on any atom is -0.351 e. The van der Waals surface area contributed by atoms with Gasteiger partial charge in [-0.2, -0.15) is 11.8 Å². The average Bonchev–Trinajstić information content (AvgIpc) is 2.35. The summed E-state index contributed by atoms with van der Waals surface area (Å²) in [7, 11) is 0. The number of imide groups is 1. The van der Waals surface area contributed by atoms with Crippen molar-refractivity contribution in [2.24, 2.45) is 5.73 Å². The molecule has 0 spiro atoms. The van der Waals surface area contributed by atoms with Crippen LogP contribution in [0.15, 0.2) is 0 Å². The molecule has 1 heterocycles. The highest BCUT2D eigenvalue weighted by Gasteiger charge is 2.33. The Morgan fingerprint density at radius 1 is 1.33 bits per heavy atom. The van der Waals surface area contributed by atoms with E-state index in [1.54, 1.807) is 0 Å². The van der Waals surface area contributed by atoms with Gasteiger partial charge in [-0.05, 0) is 12.8 Å². The van der Waals surface area contributed by atoms with Crippen molar-refractivity contribution < 1.29 is 9.59 Å². The Balaban J connectivity index is 1.80. The molecule has 2 aliphatic rings. The molecule has 2 fully saturated rings. The Morgan fingerprint density at radius 2 is 2.11 bits per heavy atom. The van der Waals surface area contributed by atoms with Crippen molar-refractivity contribution in [1.29, 1.82) is 0 Å². The minimum absolute atomic E-state index is 0.270. The van der Waals surface area contributed by atoms with Gasteiger partial charge in [-0.25, -0.2) is 4.79 Å². The van der Waals surface area contributed by atoms with E-state index in [4.69, 9.17) is 5.73 Å². The zero-order valence-corrected chi connectivity index (χ0v) is 11.4. The van der Waals surface area contributed by atoms with Crippen LogP contribution in [-0.2, 0) is 4.79 Å². The molecule has 2 atom stereocenters. The van der Waals surface area contributed by atoms with E-state index in [0.717, 1.165) is 24.1 Å². The van der Waals surface area contributed by atoms with Gasteiger partial charge < -0.3 is 5.73 Å². The SMILES string of the molecule is NC(=O)NC(=O)CCN1CCS[C@@H]2CCCC[C@H]21. The predicted octanol–water partition coefficient (Wildman–Crippen LogP) is 0.931. The third-order valence-electron chi connectivity index (χ3n) is 3.74. The van der Waals surface area contributed by atoms with Crippen LogP contribution < -0.4 is 11.1 Å². The van der Waals surface area contributed by atoms with Gasteiger partial charge in [-0.15, -0.1) is 0 Å². The van der Waals surface area contributed by atoms with E-state index in [2.05, 4.69) is 22.0 Å². The van der Waals surface area contributed by atoms with Crippen LogP contribution in [0.25, 0.3) is 0 Å². The van der Waals surface area contributed by atoms with Crippen LogP contribution in [0.2, 0.25) is 0 Å². The lowest BCUT2D eigenvalue weighted by atomic mass is 9.93. The predicted molar refractivity (Wildman–Crippen MR) is 72.4 cm³/mol. The summed E-state index contributed by atoms with van der Waals surface area (Å²) >= 11 is 2.08. The van der Waals surface area contributed by atoms with Crippen molar-refractivity contribution in [2.75, 3.05) is 18.8 Å². The van der Waals surface area contributed by atoms with E-state index in [1.165, 1.54) is 25.7 Å². The molecule has 2 rings (SSSR count). The number of thioether (sulfide) groups is 1. The van der Waals surface area contributed by atoms with E-state index in [-0.39, 0.29) is 5.91 Å². The first-order valence-electron chi connectivity index (χ1n) is 6.62. The maximum absolute atomic E-state index is 11.4. The number of fused-ring (bicyclic) bond motifs is 1. The molecule has 6 heteroatoms. The van der Waals surface area contributed by atoms with E-state index >= 15 is 0 Å². The summed E-state index contributed by atoms with van der Waals surface area (Å²) < 4.78 is 0. The highest BCUT2D eigenvalue weighted by atomic mass is 32.2. The third kappa shape index (κ3) is 3.62. The maximum Gasteiger partial charge on any atom is 0.318 e. The van der Waals surface area contributed by atoms with Crippen LogP contribution in [0.3, 0.4) is 0 Å². The van der Waals surface area contributed by atoms with E-state index in [1.807, 2.05) is 0 Å². The topological polar surface area (TPSA) is 75.4 Å². The summed E-state index contributed by atoms with van der Waals surface area (Å²) in [4.78, 5) is 24.4. The van der Waals surface area contributed by atoms with Gasteiger partial charge in [0, 0.05) is 36.6 Å². The molecule has 3 N–H and O–H groups in total. The minimum atomic E-state index is -0.759. The van der Waals surface area contributed by atoms with Crippen LogP contribution in [0.1, 0.15) is 32.1 Å². The maximum atomic E-state index is 11.4. The van der Waals surface area contributed by atoms with Crippen LogP contribution in [-0.4, -0.2) is 47.0 Å². The first-order chi connectivity index (χ1) is 8.66. The molecule has 5 nitrogen and oxygen atoms in total. The molecule has 1 aliphatic heterocycles. The number of nitrogens with zero attached hydrogens (tertiary/aromatic N) is 1. The molecule has 0 aromatic heterocycles. The number of hydrogen-bond acceptors (Lipinski definition) is 4. The molecule has 1 saturated carbocycles. The van der Waals surface area contributed by atoms with Crippen LogP contribution in [0.5, 0.6) is 0 Å². The quantitative estimate of drug-likeness (QED) is 0.801. The van der Waals surface area contributed by atoms with Crippen molar-refractivity contribution in [2.45, 2.75) is 43.4 Å². The lowest BCUT2D eigenvalue weighted by molar-refractivity contribution is -0.120. The summed E-state index contributed by atoms with van der Waals surface area (Å²) in [5.74, 6) is 0.881. The second-order valence-electron chi connectivity index (χ2n) is 4.96. The second-order valence-corrected chi connectivity index (χ2v) is 6.31. The largest absolute Gasteiger partial charge is 0.351 e. The number of carbonyl (C=O) groups excluding carboxylic acids is 2. The molecule has 18 heavy (non-hydrogen) atoms. The van der Waals surface area contributed by atoms with Crippen LogP contribution in [0.4, 0.5) is 4.79 Å². The first-order valence-corrected chi connectivity index (χ1v) is 7.66. The Hall–Kier alpha value is -0.750. The third-order valence-corrected chi connectivity index (χ3v) is 5.13. The Kier molecular flexibility index (Phi) is 4.88. The average molecular weight is 271 g/mol. The molecule has 0 unspecified atom stereocenters. The highest BCUT2D eigenvalue weighted by Crippen LogP contribution is 2.35. The van der Waals surface area contributed by atoms with Gasteiger partial charge in [0.1, 0.15) is 0 Å². The fraction of sp³-hybridized carbons (Fsp3) is 0.833. The van der Waals surface area contributed by atoms with E-state index in [9.17, 15) is 9.59 Å². The lowest BCUT2D eigenvalue weighted by Crippen LogP contribution is -2.50. The van der Waals surface area contributed by atoms with Crippen molar-refractivity contribution in [1.82, 2.24) is 10.2 Å². The zero-order chi connectivity index (χ0) is 13.0. The highest BCUT2D eigenvalue weighted by molar-refractivity contribution is 8.00. The lowest BCUT2D eigenvalue weighted by Gasteiger charge is -2.43. The normalized spacial score (nSPS) is 28.4. The van der Waals surface area contributed by atoms with Crippen LogP contribution in [0, 0.1) is 0 Å². The fourth-order valence-corrected chi connectivity index (χ4v) is 4.41. The van der Waals surface area contributed by atoms with Crippen molar-refractivity contribution in [3.05, 3.63) is 0 Å². The number of nitrogens with one attached hydrogen (secondary N) is 1. The van der Waals surface area contributed by atoms with Gasteiger partial charge in [0.05, 0.1) is 0 Å². The van der Waals surface area contributed by atoms with E-state index < -0.39 is 6.03 Å². The van der Waals surface area contributed by atoms with Crippen LogP contribution >= 0.6 is 11.8 Å². The summed E-state index contributed by atoms with van der Waals surface area (Å²) in [5, 5.41) is 2.86. The molecule has 0 aromatic carbocycles. The second kappa shape index (κ2) is 6.43. The number of primary amides is 1. The van der Waals surface area contributed by atoms with Gasteiger partial charge in [0.15, 0.2) is 0 Å². The Labute approximate surface area is 112 Å². The summed E-state index contributed by atoms with van der Waals surface area (Å²) in [6, 6.07) is -0.136. The number of amides is 3. The monoisotopic (exact) mass is 271 g/mol. The molecule has 3 amide bonds. The van der Waals surface area contributed by atoms with Gasteiger partial charge in [0.25, 0.3) is 0 Å². The Bertz CT molecular complexity index is 322. The van der Waals surface area contributed by atoms with Gasteiger partial charge in [-0.1, -0.05) is 12.8 Å². The molecular formula is C12H21N3O2S. The molecule has 0 radical (unpaired) electrons. The van der Waals surface area contributed by atoms with Crippen molar-refractivity contribution >= 4 is 23.7 Å². The standard InChI is InChI=1S/C12H21N3O2S/c13-12(17)14-11(16)5-6-15-7-8-18-10-4-2-1-3-9(10)15/h9-10H,1-8H2,(H3,13,14,16,17)/t9-,10-/m1/s1. The first kappa shape index (κ1) is 13.7. The number of nitrogens with two attached hydrogens (primary N) is 1. The molecular weight excluding hydrogens is 250 g/mol.